The fourth-order valence-electron chi connectivity index (χ4n) is 4.65. The molecule has 1 fully saturated rings. The molecule has 1 amide bonds. The van der Waals surface area contributed by atoms with Gasteiger partial charge in [-0.2, -0.15) is 0 Å². The summed E-state index contributed by atoms with van der Waals surface area (Å²) >= 11 is 6.43. The molecule has 0 radical (unpaired) electrons. The van der Waals surface area contributed by atoms with Crippen LogP contribution < -0.4 is 15.8 Å². The molecule has 3 rings (SSSR count). The summed E-state index contributed by atoms with van der Waals surface area (Å²) in [5.74, 6) is -0.213. The Kier molecular flexibility index (Phi) is 11.3. The van der Waals surface area contributed by atoms with Crippen LogP contribution in [0.25, 0.3) is 0 Å². The van der Waals surface area contributed by atoms with Gasteiger partial charge < -0.3 is 19.9 Å². The smallest absolute Gasteiger partial charge is 0.293 e. The van der Waals surface area contributed by atoms with E-state index in [1.54, 1.807) is 13.0 Å². The van der Waals surface area contributed by atoms with E-state index < -0.39 is 0 Å². The van der Waals surface area contributed by atoms with E-state index in [-0.39, 0.29) is 18.0 Å². The van der Waals surface area contributed by atoms with Crippen molar-refractivity contribution >= 4 is 29.7 Å². The average Bonchev–Trinajstić information content (AvgIpc) is 2.82. The maximum absolute atomic E-state index is 13.0. The van der Waals surface area contributed by atoms with Gasteiger partial charge in [0, 0.05) is 46.7 Å². The largest absolute Gasteiger partial charge is 0.468 e. The van der Waals surface area contributed by atoms with E-state index in [2.05, 4.69) is 26.9 Å². The second-order valence-corrected chi connectivity index (χ2v) is 9.29. The van der Waals surface area contributed by atoms with Gasteiger partial charge in [0.05, 0.1) is 6.61 Å². The zero-order valence-corrected chi connectivity index (χ0v) is 22.3. The number of aromatic amines is 1. The number of benzene rings is 1. The number of carbonyl (C=O) groups excluding carboxylic acids is 2. The first kappa shape index (κ1) is 28.4. The minimum Gasteiger partial charge on any atom is -0.468 e. The van der Waals surface area contributed by atoms with Gasteiger partial charge in [-0.1, -0.05) is 30.9 Å². The second kappa shape index (κ2) is 13.9. The fourth-order valence-corrected chi connectivity index (χ4v) is 4.86. The molecule has 1 saturated carbocycles. The number of rotatable bonds is 8. The van der Waals surface area contributed by atoms with E-state index in [0.29, 0.717) is 35.3 Å². The molecule has 1 heterocycles. The van der Waals surface area contributed by atoms with Crippen LogP contribution in [0.4, 0.5) is 5.69 Å². The zero-order chi connectivity index (χ0) is 26.0. The quantitative estimate of drug-likeness (QED) is 0.482. The Hall–Kier alpha value is -2.80. The summed E-state index contributed by atoms with van der Waals surface area (Å²) in [6, 6.07) is 6.09. The highest BCUT2D eigenvalue weighted by atomic mass is 35.5. The Balaban J connectivity index is 0.000000784. The molecule has 1 aliphatic carbocycles. The van der Waals surface area contributed by atoms with E-state index in [1.165, 1.54) is 32.1 Å². The van der Waals surface area contributed by atoms with Gasteiger partial charge in [0.2, 0.25) is 0 Å². The summed E-state index contributed by atoms with van der Waals surface area (Å²) in [6.07, 6.45) is 6.15. The van der Waals surface area contributed by atoms with Crippen molar-refractivity contribution in [3.8, 4) is 0 Å². The van der Waals surface area contributed by atoms with Crippen molar-refractivity contribution in [1.82, 2.24) is 10.3 Å². The lowest BCUT2D eigenvalue weighted by atomic mass is 9.93. The molecule has 7 nitrogen and oxygen atoms in total. The summed E-state index contributed by atoms with van der Waals surface area (Å²) in [7, 11) is 0. The van der Waals surface area contributed by atoms with E-state index in [9.17, 15) is 14.4 Å². The maximum atomic E-state index is 13.0. The lowest BCUT2D eigenvalue weighted by Crippen LogP contribution is -2.37. The van der Waals surface area contributed by atoms with E-state index >= 15 is 0 Å². The van der Waals surface area contributed by atoms with Crippen molar-refractivity contribution in [1.29, 1.82) is 0 Å². The molecule has 0 aliphatic heterocycles. The third kappa shape index (κ3) is 7.85. The number of halogens is 1. The fraction of sp³-hybridized carbons (Fsp3) is 0.519. The van der Waals surface area contributed by atoms with E-state index in [4.69, 9.17) is 11.6 Å². The lowest BCUT2D eigenvalue weighted by Gasteiger charge is -2.36. The van der Waals surface area contributed by atoms with Crippen LogP contribution in [0.2, 0.25) is 5.02 Å². The Labute approximate surface area is 213 Å². The SMILES string of the molecule is CCN(c1cc(Cl)cc(C(=O)NCc2c(C)cc(C)[nH]c2=O)c1C)C1CCCCC1.CCOC=O. The molecule has 1 aliphatic rings. The maximum Gasteiger partial charge on any atom is 0.293 e. The number of hydrogen-bond donors (Lipinski definition) is 2. The Morgan fingerprint density at radius 3 is 2.40 bits per heavy atom. The van der Waals surface area contributed by atoms with Gasteiger partial charge >= 0.3 is 0 Å². The van der Waals surface area contributed by atoms with Crippen molar-refractivity contribution in [2.45, 2.75) is 79.3 Å². The normalized spacial score (nSPS) is 13.4. The highest BCUT2D eigenvalue weighted by Gasteiger charge is 2.24. The zero-order valence-electron chi connectivity index (χ0n) is 21.5. The van der Waals surface area contributed by atoms with Gasteiger partial charge in [0.1, 0.15) is 0 Å². The first-order valence-corrected chi connectivity index (χ1v) is 12.7. The number of ether oxygens (including phenoxy) is 1. The molecular formula is C27H38ClN3O4. The first-order valence-electron chi connectivity index (χ1n) is 12.3. The number of pyridine rings is 1. The van der Waals surface area contributed by atoms with Gasteiger partial charge in [-0.15, -0.1) is 0 Å². The van der Waals surface area contributed by atoms with Crippen molar-refractivity contribution in [3.63, 3.8) is 0 Å². The number of nitrogens with one attached hydrogen (secondary N) is 2. The molecule has 0 saturated heterocycles. The topological polar surface area (TPSA) is 91.5 Å². The third-order valence-corrected chi connectivity index (χ3v) is 6.63. The van der Waals surface area contributed by atoms with Gasteiger partial charge in [-0.05, 0) is 76.8 Å². The molecule has 8 heteroatoms. The molecule has 0 unspecified atom stereocenters. The summed E-state index contributed by atoms with van der Waals surface area (Å²) in [6.45, 7) is 11.6. The third-order valence-electron chi connectivity index (χ3n) is 6.41. The molecule has 0 atom stereocenters. The van der Waals surface area contributed by atoms with Crippen LogP contribution in [0.15, 0.2) is 23.0 Å². The number of nitrogens with zero attached hydrogens (tertiary/aromatic N) is 1. The monoisotopic (exact) mass is 503 g/mol. The number of aryl methyl sites for hydroxylation is 2. The molecule has 35 heavy (non-hydrogen) atoms. The van der Waals surface area contributed by atoms with Crippen LogP contribution >= 0.6 is 11.6 Å². The number of aromatic nitrogens is 1. The van der Waals surface area contributed by atoms with Crippen molar-refractivity contribution < 1.29 is 14.3 Å². The Bertz CT molecular complexity index is 1060. The predicted molar refractivity (Wildman–Crippen MR) is 141 cm³/mol. The summed E-state index contributed by atoms with van der Waals surface area (Å²) < 4.78 is 4.15. The Morgan fingerprint density at radius 2 is 1.86 bits per heavy atom. The van der Waals surface area contributed by atoms with Crippen LogP contribution in [-0.4, -0.2) is 36.6 Å². The first-order chi connectivity index (χ1) is 16.7. The number of carbonyl (C=O) groups is 2. The molecule has 2 aromatic rings. The average molecular weight is 504 g/mol. The van der Waals surface area contributed by atoms with E-state index in [0.717, 1.165) is 29.1 Å². The molecular weight excluding hydrogens is 466 g/mol. The highest BCUT2D eigenvalue weighted by Crippen LogP contribution is 2.33. The summed E-state index contributed by atoms with van der Waals surface area (Å²) in [4.78, 5) is 39.6. The molecule has 2 N–H and O–H groups in total. The number of anilines is 1. The molecule has 0 bridgehead atoms. The molecule has 0 spiro atoms. The van der Waals surface area contributed by atoms with Crippen molar-refractivity contribution in [2.24, 2.45) is 0 Å². The molecule has 1 aromatic heterocycles. The summed E-state index contributed by atoms with van der Waals surface area (Å²) in [5, 5.41) is 3.47. The van der Waals surface area contributed by atoms with Crippen LogP contribution in [0.1, 0.15) is 78.7 Å². The standard InChI is InChI=1S/C24H32ClN3O2.C3H6O2/c1-5-28(19-9-7-6-8-10-19)22-13-18(25)12-20(17(22)4)23(29)26-14-21-15(2)11-16(3)27-24(21)30;1-2-5-3-4/h11-13,19H,5-10,14H2,1-4H3,(H,26,29)(H,27,30);3H,2H2,1H3. The number of amides is 1. The second-order valence-electron chi connectivity index (χ2n) is 8.85. The van der Waals surface area contributed by atoms with Crippen molar-refractivity contribution in [3.05, 3.63) is 61.5 Å². The lowest BCUT2D eigenvalue weighted by molar-refractivity contribution is -0.128. The number of hydrogen-bond acceptors (Lipinski definition) is 5. The molecule has 1 aromatic carbocycles. The van der Waals surface area contributed by atoms with Gasteiger partial charge in [-0.3, -0.25) is 14.4 Å². The minimum atomic E-state index is -0.213. The number of H-pyrrole nitrogens is 1. The van der Waals surface area contributed by atoms with Crippen molar-refractivity contribution in [2.75, 3.05) is 18.1 Å². The van der Waals surface area contributed by atoms with Crippen LogP contribution in [0, 0.1) is 20.8 Å². The summed E-state index contributed by atoms with van der Waals surface area (Å²) in [5.41, 5.74) is 4.62. The van der Waals surface area contributed by atoms with Gasteiger partial charge in [0.15, 0.2) is 0 Å². The van der Waals surface area contributed by atoms with Crippen LogP contribution in [0.3, 0.4) is 0 Å². The van der Waals surface area contributed by atoms with E-state index in [1.807, 2.05) is 32.9 Å². The molecule has 192 valence electrons. The minimum absolute atomic E-state index is 0.161. The predicted octanol–water partition coefficient (Wildman–Crippen LogP) is 5.22. The van der Waals surface area contributed by atoms with Gasteiger partial charge in [-0.25, -0.2) is 0 Å². The van der Waals surface area contributed by atoms with Crippen LogP contribution in [0.5, 0.6) is 0 Å². The Morgan fingerprint density at radius 1 is 1.17 bits per heavy atom. The van der Waals surface area contributed by atoms with Crippen LogP contribution in [-0.2, 0) is 16.1 Å². The highest BCUT2D eigenvalue weighted by molar-refractivity contribution is 6.31. The van der Waals surface area contributed by atoms with Gasteiger partial charge in [0.25, 0.3) is 17.9 Å².